The van der Waals surface area contributed by atoms with E-state index in [0.717, 1.165) is 11.6 Å². The topological polar surface area (TPSA) is 58.2 Å². The Morgan fingerprint density at radius 2 is 1.76 bits per heavy atom. The Morgan fingerprint density at radius 3 is 2.36 bits per heavy atom. The lowest BCUT2D eigenvalue weighted by molar-refractivity contribution is 0.346. The first-order valence-electron chi connectivity index (χ1n) is 8.19. The molecule has 0 aliphatic heterocycles. The molecular weight excluding hydrogens is 339 g/mol. The first-order valence-corrected chi connectivity index (χ1v) is 9.67. The monoisotopic (exact) mass is 364 g/mol. The van der Waals surface area contributed by atoms with Crippen molar-refractivity contribution in [3.63, 3.8) is 0 Å². The Balaban J connectivity index is 2.03. The number of rotatable bonds is 7. The van der Waals surface area contributed by atoms with Crippen LogP contribution >= 0.6 is 0 Å². The van der Waals surface area contributed by atoms with Gasteiger partial charge in [-0.1, -0.05) is 36.4 Å². The summed E-state index contributed by atoms with van der Waals surface area (Å²) in [7, 11) is -3.76. The molecule has 2 aromatic rings. The lowest BCUT2D eigenvalue weighted by atomic mass is 10.0. The number of sulfonamides is 1. The van der Waals surface area contributed by atoms with Crippen LogP contribution in [-0.2, 0) is 10.0 Å². The van der Waals surface area contributed by atoms with Crippen LogP contribution < -0.4 is 10.0 Å². The van der Waals surface area contributed by atoms with Gasteiger partial charge in [-0.05, 0) is 51.0 Å². The summed E-state index contributed by atoms with van der Waals surface area (Å²) < 4.78 is 41.0. The fraction of sp³-hybridized carbons (Fsp3) is 0.368. The first-order chi connectivity index (χ1) is 11.6. The van der Waals surface area contributed by atoms with E-state index in [9.17, 15) is 12.8 Å². The van der Waals surface area contributed by atoms with Crippen molar-refractivity contribution in [2.24, 2.45) is 0 Å². The molecule has 0 saturated carbocycles. The molecule has 6 heteroatoms. The van der Waals surface area contributed by atoms with Gasteiger partial charge in [0.25, 0.3) is 0 Å². The Morgan fingerprint density at radius 1 is 1.12 bits per heavy atom. The largest absolute Gasteiger partial charge is 0.304 e. The van der Waals surface area contributed by atoms with Crippen molar-refractivity contribution in [3.8, 4) is 0 Å². The summed E-state index contributed by atoms with van der Waals surface area (Å²) in [6.07, 6.45) is 0. The first kappa shape index (κ1) is 19.6. The third-order valence-electron chi connectivity index (χ3n) is 4.06. The quantitative estimate of drug-likeness (QED) is 0.790. The molecule has 2 aromatic carbocycles. The van der Waals surface area contributed by atoms with E-state index >= 15 is 0 Å². The molecule has 0 saturated heterocycles. The number of benzene rings is 2. The highest BCUT2D eigenvalue weighted by Gasteiger charge is 2.24. The zero-order chi connectivity index (χ0) is 18.7. The fourth-order valence-electron chi connectivity index (χ4n) is 2.56. The van der Waals surface area contributed by atoms with Crippen molar-refractivity contribution in [2.75, 3.05) is 6.54 Å². The molecular formula is C19H25FN2O2S. The summed E-state index contributed by atoms with van der Waals surface area (Å²) in [6, 6.07) is 13.9. The van der Waals surface area contributed by atoms with Crippen molar-refractivity contribution < 1.29 is 12.8 Å². The van der Waals surface area contributed by atoms with E-state index in [-0.39, 0.29) is 17.5 Å². The predicted octanol–water partition coefficient (Wildman–Crippen LogP) is 3.54. The Labute approximate surface area is 149 Å². The van der Waals surface area contributed by atoms with E-state index in [1.54, 1.807) is 6.92 Å². The molecule has 0 aliphatic carbocycles. The fourth-order valence-corrected chi connectivity index (χ4v) is 3.79. The van der Waals surface area contributed by atoms with Crippen molar-refractivity contribution in [3.05, 3.63) is 65.5 Å². The smallest absolute Gasteiger partial charge is 0.240 e. The summed E-state index contributed by atoms with van der Waals surface area (Å²) >= 11 is 0. The van der Waals surface area contributed by atoms with E-state index in [2.05, 4.69) is 10.0 Å². The SMILES string of the molecule is Cc1ccc(S(=O)(=O)NCC(C)(C)NC(C)c2ccccc2)cc1F. The van der Waals surface area contributed by atoms with Crippen LogP contribution in [0.25, 0.3) is 0 Å². The van der Waals surface area contributed by atoms with Gasteiger partial charge in [-0.3, -0.25) is 0 Å². The lowest BCUT2D eigenvalue weighted by Gasteiger charge is -2.30. The molecule has 136 valence electrons. The molecule has 2 N–H and O–H groups in total. The molecule has 0 amide bonds. The lowest BCUT2D eigenvalue weighted by Crippen LogP contribution is -2.49. The molecule has 25 heavy (non-hydrogen) atoms. The van der Waals surface area contributed by atoms with Crippen LogP contribution in [0, 0.1) is 12.7 Å². The standard InChI is InChI=1S/C19H25FN2O2S/c1-14-10-11-17(12-18(14)20)25(23,24)21-13-19(3,4)22-15(2)16-8-6-5-7-9-16/h5-12,15,21-22H,13H2,1-4H3. The van der Waals surface area contributed by atoms with Crippen LogP contribution in [0.5, 0.6) is 0 Å². The maximum atomic E-state index is 13.6. The average molecular weight is 364 g/mol. The van der Waals surface area contributed by atoms with Crippen molar-refractivity contribution >= 4 is 10.0 Å². The highest BCUT2D eigenvalue weighted by Crippen LogP contribution is 2.17. The third kappa shape index (κ3) is 5.36. The number of hydrogen-bond acceptors (Lipinski definition) is 3. The second-order valence-electron chi connectivity index (χ2n) is 6.90. The third-order valence-corrected chi connectivity index (χ3v) is 5.46. The van der Waals surface area contributed by atoms with Crippen LogP contribution in [-0.4, -0.2) is 20.5 Å². The van der Waals surface area contributed by atoms with Crippen LogP contribution in [0.1, 0.15) is 37.9 Å². The van der Waals surface area contributed by atoms with Gasteiger partial charge in [0.2, 0.25) is 10.0 Å². The van der Waals surface area contributed by atoms with Gasteiger partial charge in [-0.2, -0.15) is 0 Å². The molecule has 0 heterocycles. The van der Waals surface area contributed by atoms with Gasteiger partial charge in [-0.25, -0.2) is 17.5 Å². The Hall–Kier alpha value is -1.76. The predicted molar refractivity (Wildman–Crippen MR) is 98.4 cm³/mol. The van der Waals surface area contributed by atoms with Gasteiger partial charge >= 0.3 is 0 Å². The molecule has 0 aromatic heterocycles. The minimum Gasteiger partial charge on any atom is -0.304 e. The summed E-state index contributed by atoms with van der Waals surface area (Å²) in [6.45, 7) is 7.65. The maximum Gasteiger partial charge on any atom is 0.240 e. The van der Waals surface area contributed by atoms with Gasteiger partial charge in [0.15, 0.2) is 0 Å². The number of hydrogen-bond donors (Lipinski definition) is 2. The number of halogens is 1. The summed E-state index contributed by atoms with van der Waals surface area (Å²) in [5.74, 6) is -0.530. The zero-order valence-corrected chi connectivity index (χ0v) is 15.8. The maximum absolute atomic E-state index is 13.6. The Bertz CT molecular complexity index is 821. The zero-order valence-electron chi connectivity index (χ0n) is 15.0. The van der Waals surface area contributed by atoms with Crippen LogP contribution in [0.3, 0.4) is 0 Å². The number of aryl methyl sites for hydroxylation is 1. The van der Waals surface area contributed by atoms with Crippen molar-refractivity contribution in [2.45, 2.75) is 44.2 Å². The number of nitrogens with one attached hydrogen (secondary N) is 2. The van der Waals surface area contributed by atoms with E-state index in [4.69, 9.17) is 0 Å². The minimum absolute atomic E-state index is 0.0671. The summed E-state index contributed by atoms with van der Waals surface area (Å²) in [4.78, 5) is -0.0671. The van der Waals surface area contributed by atoms with Gasteiger partial charge < -0.3 is 5.32 Å². The average Bonchev–Trinajstić information content (AvgIpc) is 2.56. The molecule has 1 unspecified atom stereocenters. The van der Waals surface area contributed by atoms with Crippen LogP contribution in [0.2, 0.25) is 0 Å². The normalized spacial score (nSPS) is 13.6. The molecule has 4 nitrogen and oxygen atoms in total. The highest BCUT2D eigenvalue weighted by atomic mass is 32.2. The second-order valence-corrected chi connectivity index (χ2v) is 8.66. The van der Waals surface area contributed by atoms with E-state index in [1.807, 2.05) is 51.1 Å². The molecule has 0 bridgehead atoms. The van der Waals surface area contributed by atoms with E-state index < -0.39 is 21.4 Å². The molecule has 0 aliphatic rings. The van der Waals surface area contributed by atoms with E-state index in [0.29, 0.717) is 5.56 Å². The minimum atomic E-state index is -3.76. The molecule has 0 spiro atoms. The van der Waals surface area contributed by atoms with Gasteiger partial charge in [0, 0.05) is 18.1 Å². The highest BCUT2D eigenvalue weighted by molar-refractivity contribution is 7.89. The van der Waals surface area contributed by atoms with Crippen LogP contribution in [0.4, 0.5) is 4.39 Å². The summed E-state index contributed by atoms with van der Waals surface area (Å²) in [5.41, 5.74) is 1.06. The molecule has 0 radical (unpaired) electrons. The van der Waals surface area contributed by atoms with E-state index in [1.165, 1.54) is 12.1 Å². The molecule has 0 fully saturated rings. The van der Waals surface area contributed by atoms with Crippen LogP contribution in [0.15, 0.2) is 53.4 Å². The van der Waals surface area contributed by atoms with Crippen molar-refractivity contribution in [1.82, 2.24) is 10.0 Å². The second kappa shape index (κ2) is 7.64. The van der Waals surface area contributed by atoms with Gasteiger partial charge in [-0.15, -0.1) is 0 Å². The molecule has 2 rings (SSSR count). The van der Waals surface area contributed by atoms with Gasteiger partial charge in [0.1, 0.15) is 5.82 Å². The Kier molecular flexibility index (Phi) is 5.98. The molecule has 1 atom stereocenters. The van der Waals surface area contributed by atoms with Gasteiger partial charge in [0.05, 0.1) is 4.90 Å². The van der Waals surface area contributed by atoms with Crippen molar-refractivity contribution in [1.29, 1.82) is 0 Å². The summed E-state index contributed by atoms with van der Waals surface area (Å²) in [5, 5.41) is 3.42.